The monoisotopic (exact) mass is 351 g/mol. The van der Waals surface area contributed by atoms with Crippen LogP contribution in [0.25, 0.3) is 0 Å². The number of ether oxygens (including phenoxy) is 1. The fourth-order valence-electron chi connectivity index (χ4n) is 1.96. The Morgan fingerprint density at radius 3 is 2.70 bits per heavy atom. The number of nitrogens with two attached hydrogens (primary N) is 1. The van der Waals surface area contributed by atoms with Gasteiger partial charge in [-0.15, -0.1) is 0 Å². The topological polar surface area (TPSA) is 85.5 Å². The number of hydrogen-bond acceptors (Lipinski definition) is 5. The molecule has 128 valence electrons. The Balaban J connectivity index is 2.07. The molecule has 0 amide bonds. The molecule has 1 aliphatic heterocycles. The Hall–Kier alpha value is -1.65. The zero-order chi connectivity index (χ0) is 17.1. The second kappa shape index (κ2) is 6.85. The Labute approximate surface area is 131 Å². The molecule has 10 heteroatoms. The third-order valence-electron chi connectivity index (χ3n) is 3.30. The lowest BCUT2D eigenvalue weighted by Crippen LogP contribution is -2.31. The van der Waals surface area contributed by atoms with Crippen LogP contribution in [-0.2, 0) is 10.0 Å². The summed E-state index contributed by atoms with van der Waals surface area (Å²) in [6.45, 7) is -1.22. The number of hydrogen-bond donors (Lipinski definition) is 1. The van der Waals surface area contributed by atoms with E-state index in [1.807, 2.05) is 0 Å². The zero-order valence-corrected chi connectivity index (χ0v) is 12.9. The molecule has 0 aliphatic carbocycles. The van der Waals surface area contributed by atoms with E-state index >= 15 is 0 Å². The molecule has 0 spiro atoms. The highest BCUT2D eigenvalue weighted by Gasteiger charge is 2.43. The minimum absolute atomic E-state index is 0.0217. The fourth-order valence-corrected chi connectivity index (χ4v) is 3.38. The lowest BCUT2D eigenvalue weighted by molar-refractivity contribution is 0.0183. The van der Waals surface area contributed by atoms with Crippen molar-refractivity contribution in [1.82, 2.24) is 9.29 Å². The summed E-state index contributed by atoms with van der Waals surface area (Å²) in [4.78, 5) is 3.58. The van der Waals surface area contributed by atoms with Gasteiger partial charge in [0, 0.05) is 31.1 Å². The van der Waals surface area contributed by atoms with Gasteiger partial charge in [0.05, 0.1) is 19.1 Å². The van der Waals surface area contributed by atoms with Crippen molar-refractivity contribution in [3.63, 3.8) is 0 Å². The van der Waals surface area contributed by atoms with E-state index in [4.69, 9.17) is 10.5 Å². The molecule has 1 aromatic heterocycles. The molecule has 6 nitrogen and oxygen atoms in total. The smallest absolute Gasteiger partial charge is 0.262 e. The summed E-state index contributed by atoms with van der Waals surface area (Å²) in [5.41, 5.74) is 5.48. The largest absolute Gasteiger partial charge is 0.473 e. The summed E-state index contributed by atoms with van der Waals surface area (Å²) >= 11 is 0. The number of rotatable bonds is 6. The van der Waals surface area contributed by atoms with Gasteiger partial charge in [-0.25, -0.2) is 26.6 Å². The van der Waals surface area contributed by atoms with Gasteiger partial charge in [0.2, 0.25) is 15.9 Å². The van der Waals surface area contributed by atoms with Gasteiger partial charge in [-0.1, -0.05) is 0 Å². The van der Waals surface area contributed by atoms with Crippen molar-refractivity contribution in [3.05, 3.63) is 30.2 Å². The molecule has 1 aliphatic rings. The quantitative estimate of drug-likeness (QED) is 0.835. The van der Waals surface area contributed by atoms with Crippen LogP contribution in [0.15, 0.2) is 35.1 Å². The molecule has 0 bridgehead atoms. The highest BCUT2D eigenvalue weighted by atomic mass is 32.2. The average molecular weight is 351 g/mol. The zero-order valence-electron chi connectivity index (χ0n) is 12.1. The minimum Gasteiger partial charge on any atom is -0.473 e. The molecular weight excluding hydrogens is 335 g/mol. The lowest BCUT2D eigenvalue weighted by atomic mass is 10.3. The summed E-state index contributed by atoms with van der Waals surface area (Å²) in [6, 6.07) is 2.48. The fraction of sp³-hybridized carbons (Fsp3) is 0.462. The van der Waals surface area contributed by atoms with Crippen molar-refractivity contribution in [2.75, 3.05) is 26.2 Å². The normalized spacial score (nSPS) is 19.0. The van der Waals surface area contributed by atoms with Crippen molar-refractivity contribution in [2.24, 2.45) is 5.73 Å². The van der Waals surface area contributed by atoms with Crippen LogP contribution in [0.2, 0.25) is 0 Å². The summed E-state index contributed by atoms with van der Waals surface area (Å²) < 4.78 is 69.0. The second-order valence-electron chi connectivity index (χ2n) is 5.04. The van der Waals surface area contributed by atoms with Crippen LogP contribution in [0.3, 0.4) is 0 Å². The van der Waals surface area contributed by atoms with Gasteiger partial charge in [0.25, 0.3) is 5.92 Å². The Kier molecular flexibility index (Phi) is 5.27. The summed E-state index contributed by atoms with van der Waals surface area (Å²) in [6.07, 6.45) is 0.840. The van der Waals surface area contributed by atoms with Crippen molar-refractivity contribution in [2.45, 2.75) is 17.2 Å². The van der Waals surface area contributed by atoms with Gasteiger partial charge >= 0.3 is 0 Å². The molecule has 2 heterocycles. The van der Waals surface area contributed by atoms with Crippen LogP contribution in [0.1, 0.15) is 6.42 Å². The van der Waals surface area contributed by atoms with E-state index in [0.29, 0.717) is 6.33 Å². The number of aromatic nitrogens is 1. The van der Waals surface area contributed by atoms with Gasteiger partial charge in [0.1, 0.15) is 11.5 Å². The average Bonchev–Trinajstić information content (AvgIpc) is 2.89. The van der Waals surface area contributed by atoms with Crippen LogP contribution < -0.4 is 10.5 Å². The molecule has 23 heavy (non-hydrogen) atoms. The van der Waals surface area contributed by atoms with E-state index in [-0.39, 0.29) is 36.0 Å². The van der Waals surface area contributed by atoms with E-state index in [9.17, 15) is 21.6 Å². The number of pyridine rings is 1. The molecular formula is C13H16F3N3O3S. The Morgan fingerprint density at radius 2 is 2.22 bits per heavy atom. The van der Waals surface area contributed by atoms with Crippen LogP contribution in [0, 0.1) is 0 Å². The van der Waals surface area contributed by atoms with Gasteiger partial charge in [0.15, 0.2) is 0 Å². The van der Waals surface area contributed by atoms with Crippen molar-refractivity contribution < 1.29 is 26.3 Å². The molecule has 2 rings (SSSR count). The first-order chi connectivity index (χ1) is 10.8. The van der Waals surface area contributed by atoms with Crippen molar-refractivity contribution >= 4 is 10.0 Å². The second-order valence-corrected chi connectivity index (χ2v) is 6.97. The molecule has 0 aromatic carbocycles. The van der Waals surface area contributed by atoms with Crippen molar-refractivity contribution in [3.8, 4) is 5.88 Å². The van der Waals surface area contributed by atoms with E-state index in [1.54, 1.807) is 0 Å². The number of alkyl halides is 2. The summed E-state index contributed by atoms with van der Waals surface area (Å²) in [5.74, 6) is -2.94. The first kappa shape index (κ1) is 17.7. The molecule has 0 unspecified atom stereocenters. The first-order valence-corrected chi connectivity index (χ1v) is 8.17. The van der Waals surface area contributed by atoms with Crippen LogP contribution in [-0.4, -0.2) is 49.9 Å². The first-order valence-electron chi connectivity index (χ1n) is 6.73. The van der Waals surface area contributed by atoms with E-state index in [2.05, 4.69) is 4.98 Å². The molecule has 0 saturated carbocycles. The van der Waals surface area contributed by atoms with Gasteiger partial charge in [-0.2, -0.15) is 4.31 Å². The van der Waals surface area contributed by atoms with Crippen LogP contribution >= 0.6 is 0 Å². The third kappa shape index (κ3) is 4.21. The standard InChI is InChI=1S/C13H16F3N3O3S/c14-5-10(6-17)8-22-12-2-1-11(7-18-12)23(20,21)19-4-3-13(15,16)9-19/h1-2,5,7H,3-4,6,8-9,17H2. The molecule has 1 aromatic rings. The summed E-state index contributed by atoms with van der Waals surface area (Å²) in [7, 11) is -4.02. The summed E-state index contributed by atoms with van der Waals surface area (Å²) in [5, 5.41) is 0. The highest BCUT2D eigenvalue weighted by molar-refractivity contribution is 7.89. The van der Waals surface area contributed by atoms with E-state index in [0.717, 1.165) is 10.5 Å². The van der Waals surface area contributed by atoms with Gasteiger partial charge in [-0.3, -0.25) is 0 Å². The van der Waals surface area contributed by atoms with Crippen molar-refractivity contribution in [1.29, 1.82) is 0 Å². The highest BCUT2D eigenvalue weighted by Crippen LogP contribution is 2.31. The van der Waals surface area contributed by atoms with Gasteiger partial charge in [-0.05, 0) is 6.07 Å². The van der Waals surface area contributed by atoms with Crippen LogP contribution in [0.5, 0.6) is 5.88 Å². The number of halogens is 3. The lowest BCUT2D eigenvalue weighted by Gasteiger charge is -2.16. The van der Waals surface area contributed by atoms with E-state index in [1.165, 1.54) is 12.1 Å². The molecule has 1 fully saturated rings. The Bertz CT molecular complexity index is 677. The molecule has 0 radical (unpaired) electrons. The minimum atomic E-state index is -4.02. The predicted octanol–water partition coefficient (Wildman–Crippen LogP) is 1.30. The Morgan fingerprint density at radius 1 is 1.48 bits per heavy atom. The molecule has 2 N–H and O–H groups in total. The molecule has 1 saturated heterocycles. The maximum atomic E-state index is 13.2. The maximum absolute atomic E-state index is 13.2. The SMILES string of the molecule is NCC(=CF)COc1ccc(S(=O)(=O)N2CCC(F)(F)C2)cn1. The third-order valence-corrected chi connectivity index (χ3v) is 5.13. The number of nitrogens with zero attached hydrogens (tertiary/aromatic N) is 2. The maximum Gasteiger partial charge on any atom is 0.262 e. The van der Waals surface area contributed by atoms with Gasteiger partial charge < -0.3 is 10.5 Å². The molecule has 0 atom stereocenters. The number of sulfonamides is 1. The predicted molar refractivity (Wildman–Crippen MR) is 76.3 cm³/mol. The van der Waals surface area contributed by atoms with E-state index < -0.39 is 28.9 Å². The van der Waals surface area contributed by atoms with Crippen LogP contribution in [0.4, 0.5) is 13.2 Å².